The zero-order valence-corrected chi connectivity index (χ0v) is 20.9. The van der Waals surface area contributed by atoms with Gasteiger partial charge in [-0.2, -0.15) is 0 Å². The second kappa shape index (κ2) is 10.6. The minimum atomic E-state index is -1.04. The molecule has 0 saturated carbocycles. The number of hydrogen-bond donors (Lipinski definition) is 0. The van der Waals surface area contributed by atoms with Crippen LogP contribution in [0.25, 0.3) is 5.70 Å². The Labute approximate surface area is 202 Å². The van der Waals surface area contributed by atoms with Crippen LogP contribution in [0.2, 0.25) is 5.02 Å². The first-order valence-corrected chi connectivity index (χ1v) is 12.2. The van der Waals surface area contributed by atoms with Gasteiger partial charge in [0.15, 0.2) is 0 Å². The van der Waals surface area contributed by atoms with Crippen molar-refractivity contribution in [3.63, 3.8) is 0 Å². The number of esters is 2. The fourth-order valence-corrected chi connectivity index (χ4v) is 5.02. The molecule has 2 aromatic carbocycles. The zero-order chi connectivity index (χ0) is 23.3. The molecule has 32 heavy (non-hydrogen) atoms. The van der Waals surface area contributed by atoms with Crippen molar-refractivity contribution in [1.82, 2.24) is 4.90 Å². The maximum atomic E-state index is 13.5. The number of ether oxygens (including phenoxy) is 2. The van der Waals surface area contributed by atoms with Crippen molar-refractivity contribution in [2.75, 3.05) is 25.2 Å². The van der Waals surface area contributed by atoms with Crippen LogP contribution in [-0.2, 0) is 19.1 Å². The van der Waals surface area contributed by atoms with E-state index in [0.717, 1.165) is 16.8 Å². The topological polar surface area (TPSA) is 55.8 Å². The number of carbonyl (C=O) groups excluding carboxylic acids is 2. The number of rotatable bonds is 7. The first-order valence-electron chi connectivity index (χ1n) is 10.6. The SMILES string of the molecule is CCOC(=O)C1=C(c2ccccc2)N(C[Se])CC(C)(C(=O)OCC)C1c1cccc(Cl)c1. The summed E-state index contributed by atoms with van der Waals surface area (Å²) in [5, 5.41) is 0.532. The standard InChI is InChI=1S/C25H27ClNO4Se/c1-4-30-23(28)20-21(18-12-9-13-19(26)14-18)25(3,24(29)31-5-2)15-27(16-32)22(20)17-10-7-6-8-11-17/h6-14,21H,4-5,15-16H2,1-3H3. The third kappa shape index (κ3) is 4.73. The Balaban J connectivity index is 2.38. The van der Waals surface area contributed by atoms with Gasteiger partial charge in [0.1, 0.15) is 0 Å². The number of benzene rings is 2. The third-order valence-corrected chi connectivity index (χ3v) is 6.53. The second-order valence-corrected chi connectivity index (χ2v) is 8.78. The van der Waals surface area contributed by atoms with E-state index in [1.54, 1.807) is 26.0 Å². The molecular formula is C25H27ClNO4Se. The van der Waals surface area contributed by atoms with Crippen LogP contribution in [0.5, 0.6) is 0 Å². The molecule has 0 aromatic heterocycles. The van der Waals surface area contributed by atoms with E-state index in [2.05, 4.69) is 16.0 Å². The van der Waals surface area contributed by atoms with Crippen molar-refractivity contribution in [1.29, 1.82) is 0 Å². The van der Waals surface area contributed by atoms with Crippen LogP contribution in [0.3, 0.4) is 0 Å². The van der Waals surface area contributed by atoms with Gasteiger partial charge < -0.3 is 0 Å². The summed E-state index contributed by atoms with van der Waals surface area (Å²) in [6.45, 7) is 6.23. The molecule has 0 spiro atoms. The number of carbonyl (C=O) groups is 2. The van der Waals surface area contributed by atoms with Gasteiger partial charge in [0, 0.05) is 0 Å². The van der Waals surface area contributed by atoms with Gasteiger partial charge in [0.25, 0.3) is 0 Å². The molecule has 1 radical (unpaired) electrons. The fourth-order valence-electron chi connectivity index (χ4n) is 4.36. The molecule has 2 aromatic rings. The first kappa shape index (κ1) is 24.4. The van der Waals surface area contributed by atoms with E-state index in [9.17, 15) is 9.59 Å². The van der Waals surface area contributed by atoms with Gasteiger partial charge in [0.05, 0.1) is 0 Å². The van der Waals surface area contributed by atoms with Crippen molar-refractivity contribution in [3.8, 4) is 0 Å². The summed E-state index contributed by atoms with van der Waals surface area (Å²) in [6, 6.07) is 17.0. The van der Waals surface area contributed by atoms with Crippen LogP contribution in [-0.4, -0.2) is 58.1 Å². The predicted octanol–water partition coefficient (Wildman–Crippen LogP) is 4.41. The van der Waals surface area contributed by atoms with E-state index in [1.165, 1.54) is 0 Å². The molecule has 0 saturated heterocycles. The number of nitrogens with zero attached hydrogens (tertiary/aromatic N) is 1. The molecule has 169 valence electrons. The predicted molar refractivity (Wildman–Crippen MR) is 126 cm³/mol. The van der Waals surface area contributed by atoms with Crippen molar-refractivity contribution >= 4 is 45.2 Å². The average Bonchev–Trinajstić information content (AvgIpc) is 2.79. The summed E-state index contributed by atoms with van der Waals surface area (Å²) in [5.41, 5.74) is 2.27. The van der Waals surface area contributed by atoms with E-state index in [0.29, 0.717) is 22.6 Å². The van der Waals surface area contributed by atoms with Crippen LogP contribution in [0.15, 0.2) is 60.2 Å². The van der Waals surface area contributed by atoms with Crippen molar-refractivity contribution in [2.24, 2.45) is 5.41 Å². The molecule has 1 heterocycles. The molecule has 0 aliphatic carbocycles. The fraction of sp³-hybridized carbons (Fsp3) is 0.360. The van der Waals surface area contributed by atoms with Crippen LogP contribution in [0.1, 0.15) is 37.8 Å². The summed E-state index contributed by atoms with van der Waals surface area (Å²) in [4.78, 5) is 28.8. The summed E-state index contributed by atoms with van der Waals surface area (Å²) in [7, 11) is 0. The molecule has 5 nitrogen and oxygen atoms in total. The van der Waals surface area contributed by atoms with Crippen molar-refractivity contribution < 1.29 is 19.1 Å². The van der Waals surface area contributed by atoms with Gasteiger partial charge in [-0.25, -0.2) is 0 Å². The van der Waals surface area contributed by atoms with Crippen LogP contribution < -0.4 is 0 Å². The Morgan fingerprint density at radius 3 is 2.38 bits per heavy atom. The van der Waals surface area contributed by atoms with Gasteiger partial charge in [-0.1, -0.05) is 0 Å². The molecule has 0 fully saturated rings. The molecule has 7 heteroatoms. The van der Waals surface area contributed by atoms with E-state index in [-0.39, 0.29) is 19.2 Å². The van der Waals surface area contributed by atoms with E-state index >= 15 is 0 Å². The molecule has 2 atom stereocenters. The third-order valence-electron chi connectivity index (χ3n) is 5.64. The first-order chi connectivity index (χ1) is 15.4. The van der Waals surface area contributed by atoms with Gasteiger partial charge >= 0.3 is 203 Å². The van der Waals surface area contributed by atoms with Gasteiger partial charge in [-0.15, -0.1) is 0 Å². The molecule has 0 N–H and O–H groups in total. The molecule has 0 amide bonds. The van der Waals surface area contributed by atoms with Gasteiger partial charge in [0.2, 0.25) is 0 Å². The number of hydrogen-bond acceptors (Lipinski definition) is 5. The quantitative estimate of drug-likeness (QED) is 0.401. The van der Waals surface area contributed by atoms with Crippen LogP contribution in [0, 0.1) is 5.41 Å². The monoisotopic (exact) mass is 520 g/mol. The summed E-state index contributed by atoms with van der Waals surface area (Å²) >= 11 is 9.37. The van der Waals surface area contributed by atoms with Crippen LogP contribution in [0.4, 0.5) is 0 Å². The second-order valence-electron chi connectivity index (χ2n) is 7.80. The Morgan fingerprint density at radius 1 is 1.09 bits per heavy atom. The molecule has 0 bridgehead atoms. The normalized spacial score (nSPS) is 20.8. The van der Waals surface area contributed by atoms with E-state index in [1.807, 2.05) is 54.3 Å². The molecule has 1 aliphatic rings. The maximum absolute atomic E-state index is 13.5. The molecule has 2 unspecified atom stereocenters. The summed E-state index contributed by atoms with van der Waals surface area (Å²) in [6.07, 6.45) is 0. The molecule has 1 aliphatic heterocycles. The summed E-state index contributed by atoms with van der Waals surface area (Å²) < 4.78 is 11.0. The Bertz CT molecular complexity index is 1010. The van der Waals surface area contributed by atoms with Crippen molar-refractivity contribution in [2.45, 2.75) is 26.7 Å². The Hall–Kier alpha value is -2.27. The van der Waals surface area contributed by atoms with Crippen molar-refractivity contribution in [3.05, 3.63) is 76.3 Å². The summed E-state index contributed by atoms with van der Waals surface area (Å²) in [5.74, 6) is -1.42. The molecule has 3 rings (SSSR count). The van der Waals surface area contributed by atoms with Gasteiger partial charge in [-0.3, -0.25) is 0 Å². The Morgan fingerprint density at radius 2 is 1.78 bits per heavy atom. The zero-order valence-electron chi connectivity index (χ0n) is 18.5. The van der Waals surface area contributed by atoms with Gasteiger partial charge in [-0.05, 0) is 0 Å². The average molecular weight is 520 g/mol. The number of halogens is 1. The van der Waals surface area contributed by atoms with Crippen LogP contribution >= 0.6 is 11.6 Å². The molecular weight excluding hydrogens is 493 g/mol. The minimum absolute atomic E-state index is 0.223. The Kier molecular flexibility index (Phi) is 8.05. The van der Waals surface area contributed by atoms with E-state index < -0.39 is 17.3 Å². The van der Waals surface area contributed by atoms with E-state index in [4.69, 9.17) is 21.1 Å².